The number of para-hydroxylation sites is 1. The Morgan fingerprint density at radius 3 is 2.83 bits per heavy atom. The van der Waals surface area contributed by atoms with E-state index in [2.05, 4.69) is 15.0 Å². The molecule has 2 rings (SSSR count). The van der Waals surface area contributed by atoms with Gasteiger partial charge in [0, 0.05) is 4.88 Å². The first-order valence-corrected chi connectivity index (χ1v) is 6.00. The molecule has 1 N–H and O–H groups in total. The van der Waals surface area contributed by atoms with Crippen LogP contribution in [0.1, 0.15) is 15.4 Å². The molecule has 0 saturated carbocycles. The molecule has 0 aliphatic rings. The highest BCUT2D eigenvalue weighted by atomic mass is 32.1. The van der Waals surface area contributed by atoms with Crippen molar-refractivity contribution in [2.24, 2.45) is 0 Å². The Morgan fingerprint density at radius 2 is 2.17 bits per heavy atom. The summed E-state index contributed by atoms with van der Waals surface area (Å²) in [5, 5.41) is 3.29. The molecule has 0 amide bonds. The number of nitrogens with one attached hydrogen (secondary N) is 1. The fourth-order valence-electron chi connectivity index (χ4n) is 1.41. The Labute approximate surface area is 107 Å². The first-order chi connectivity index (χ1) is 8.61. The van der Waals surface area contributed by atoms with Gasteiger partial charge in [-0.3, -0.25) is 0 Å². The van der Waals surface area contributed by atoms with Crippen molar-refractivity contribution < 1.29 is 13.9 Å². The predicted molar refractivity (Wildman–Crippen MR) is 67.9 cm³/mol. The molecule has 0 aliphatic carbocycles. The van der Waals surface area contributed by atoms with Gasteiger partial charge in [-0.05, 0) is 19.1 Å². The minimum absolute atomic E-state index is 0.251. The summed E-state index contributed by atoms with van der Waals surface area (Å²) in [6.07, 6.45) is 0. The number of nitrogens with zero attached hydrogens (tertiary/aromatic N) is 1. The molecular weight excluding hydrogens is 255 g/mol. The highest BCUT2D eigenvalue weighted by Gasteiger charge is 2.16. The van der Waals surface area contributed by atoms with E-state index in [1.807, 2.05) is 0 Å². The molecule has 0 saturated heterocycles. The van der Waals surface area contributed by atoms with E-state index < -0.39 is 5.97 Å². The molecule has 94 valence electrons. The van der Waals surface area contributed by atoms with Gasteiger partial charge in [0.2, 0.25) is 0 Å². The Hall–Kier alpha value is -1.95. The molecule has 6 heteroatoms. The van der Waals surface area contributed by atoms with E-state index in [0.29, 0.717) is 10.8 Å². The van der Waals surface area contributed by atoms with Gasteiger partial charge in [0.1, 0.15) is 5.82 Å². The van der Waals surface area contributed by atoms with E-state index >= 15 is 0 Å². The molecule has 0 aliphatic heterocycles. The van der Waals surface area contributed by atoms with E-state index in [1.165, 1.54) is 24.5 Å². The van der Waals surface area contributed by atoms with Crippen LogP contribution >= 0.6 is 11.3 Å². The Morgan fingerprint density at radius 1 is 1.44 bits per heavy atom. The third-order valence-electron chi connectivity index (χ3n) is 2.29. The van der Waals surface area contributed by atoms with Crippen LogP contribution in [0.25, 0.3) is 0 Å². The van der Waals surface area contributed by atoms with Crippen LogP contribution in [0.2, 0.25) is 0 Å². The van der Waals surface area contributed by atoms with Crippen molar-refractivity contribution in [3.63, 3.8) is 0 Å². The van der Waals surface area contributed by atoms with Crippen LogP contribution in [-0.2, 0) is 4.74 Å². The fraction of sp³-hybridized carbons (Fsp3) is 0.167. The van der Waals surface area contributed by atoms with Gasteiger partial charge < -0.3 is 10.1 Å². The van der Waals surface area contributed by atoms with Crippen LogP contribution in [-0.4, -0.2) is 18.1 Å². The monoisotopic (exact) mass is 266 g/mol. The molecule has 0 atom stereocenters. The molecule has 0 radical (unpaired) electrons. The van der Waals surface area contributed by atoms with Crippen molar-refractivity contribution in [1.82, 2.24) is 4.98 Å². The molecule has 18 heavy (non-hydrogen) atoms. The number of hydrogen-bond donors (Lipinski definition) is 1. The molecule has 0 unspecified atom stereocenters. The number of ether oxygens (including phenoxy) is 1. The van der Waals surface area contributed by atoms with Gasteiger partial charge in [-0.25, -0.2) is 14.2 Å². The number of methoxy groups -OCH3 is 1. The maximum absolute atomic E-state index is 13.4. The Kier molecular flexibility index (Phi) is 3.57. The van der Waals surface area contributed by atoms with Crippen molar-refractivity contribution >= 4 is 28.1 Å². The minimum Gasteiger partial charge on any atom is -0.464 e. The molecule has 1 heterocycles. The van der Waals surface area contributed by atoms with Gasteiger partial charge in [-0.2, -0.15) is 0 Å². The van der Waals surface area contributed by atoms with Crippen molar-refractivity contribution in [1.29, 1.82) is 0 Å². The predicted octanol–water partition coefficient (Wildman–Crippen LogP) is 3.12. The molecule has 2 aromatic rings. The summed E-state index contributed by atoms with van der Waals surface area (Å²) in [5.74, 6) is -0.865. The largest absolute Gasteiger partial charge is 0.464 e. The summed E-state index contributed by atoms with van der Waals surface area (Å²) in [7, 11) is 1.30. The quantitative estimate of drug-likeness (QED) is 0.867. The van der Waals surface area contributed by atoms with Crippen LogP contribution in [0.5, 0.6) is 0 Å². The summed E-state index contributed by atoms with van der Waals surface area (Å²) < 4.78 is 18.0. The van der Waals surface area contributed by atoms with Crippen molar-refractivity contribution in [2.75, 3.05) is 12.4 Å². The second-order valence-corrected chi connectivity index (χ2v) is 4.72. The van der Waals surface area contributed by atoms with E-state index in [9.17, 15) is 9.18 Å². The summed E-state index contributed by atoms with van der Waals surface area (Å²) in [4.78, 5) is 16.2. The highest BCUT2D eigenvalue weighted by Crippen LogP contribution is 2.26. The lowest BCUT2D eigenvalue weighted by molar-refractivity contribution is 0.0594. The molecule has 1 aromatic carbocycles. The lowest BCUT2D eigenvalue weighted by Crippen LogP contribution is -2.03. The molecule has 0 bridgehead atoms. The fourth-order valence-corrected chi connectivity index (χ4v) is 2.23. The van der Waals surface area contributed by atoms with E-state index in [4.69, 9.17) is 0 Å². The molecular formula is C12H11FN2O2S. The maximum Gasteiger partial charge on any atom is 0.357 e. The second kappa shape index (κ2) is 5.14. The number of carbonyl (C=O) groups excluding carboxylic acids is 1. The zero-order valence-electron chi connectivity index (χ0n) is 9.86. The number of hydrogen-bond acceptors (Lipinski definition) is 5. The molecule has 0 fully saturated rings. The molecule has 0 spiro atoms. The number of carbonyl (C=O) groups is 1. The van der Waals surface area contributed by atoms with Crippen molar-refractivity contribution in [2.45, 2.75) is 6.92 Å². The topological polar surface area (TPSA) is 51.2 Å². The van der Waals surface area contributed by atoms with Crippen LogP contribution in [0.4, 0.5) is 15.2 Å². The standard InChI is InChI=1S/C12H11FN2O2S/c1-7-10(11(16)17-2)15-12(18-7)14-9-6-4-3-5-8(9)13/h3-6H,1-2H3,(H,14,15). The number of thiazole rings is 1. The third-order valence-corrected chi connectivity index (χ3v) is 3.18. The smallest absolute Gasteiger partial charge is 0.357 e. The van der Waals surface area contributed by atoms with Gasteiger partial charge >= 0.3 is 5.97 Å². The van der Waals surface area contributed by atoms with Gasteiger partial charge in [-0.15, -0.1) is 11.3 Å². The summed E-state index contributed by atoms with van der Waals surface area (Å²) in [5.41, 5.74) is 0.573. The maximum atomic E-state index is 13.4. The first-order valence-electron chi connectivity index (χ1n) is 5.19. The summed E-state index contributed by atoms with van der Waals surface area (Å²) >= 11 is 1.27. The highest BCUT2D eigenvalue weighted by molar-refractivity contribution is 7.15. The van der Waals surface area contributed by atoms with Crippen LogP contribution < -0.4 is 5.32 Å². The van der Waals surface area contributed by atoms with Crippen molar-refractivity contribution in [3.8, 4) is 0 Å². The number of rotatable bonds is 3. The first kappa shape index (κ1) is 12.5. The number of benzene rings is 1. The molecule has 4 nitrogen and oxygen atoms in total. The van der Waals surface area contributed by atoms with Crippen LogP contribution in [0.3, 0.4) is 0 Å². The van der Waals surface area contributed by atoms with Crippen LogP contribution in [0.15, 0.2) is 24.3 Å². The SMILES string of the molecule is COC(=O)c1nc(Nc2ccccc2F)sc1C. The van der Waals surface area contributed by atoms with Gasteiger partial charge in [0.05, 0.1) is 12.8 Å². The van der Waals surface area contributed by atoms with Gasteiger partial charge in [0.15, 0.2) is 10.8 Å². The van der Waals surface area contributed by atoms with Gasteiger partial charge in [0.25, 0.3) is 0 Å². The number of halogens is 1. The zero-order chi connectivity index (χ0) is 13.1. The minimum atomic E-state index is -0.495. The lowest BCUT2D eigenvalue weighted by Gasteiger charge is -2.02. The van der Waals surface area contributed by atoms with E-state index in [-0.39, 0.29) is 11.5 Å². The van der Waals surface area contributed by atoms with Crippen molar-refractivity contribution in [3.05, 3.63) is 40.7 Å². The third kappa shape index (κ3) is 2.48. The molecule has 1 aromatic heterocycles. The Bertz CT molecular complexity index is 583. The number of esters is 1. The van der Waals surface area contributed by atoms with E-state index in [0.717, 1.165) is 4.88 Å². The number of anilines is 2. The van der Waals surface area contributed by atoms with Gasteiger partial charge in [-0.1, -0.05) is 12.1 Å². The van der Waals surface area contributed by atoms with E-state index in [1.54, 1.807) is 25.1 Å². The average molecular weight is 266 g/mol. The summed E-state index contributed by atoms with van der Waals surface area (Å²) in [6, 6.07) is 6.27. The number of aryl methyl sites for hydroxylation is 1. The average Bonchev–Trinajstić information content (AvgIpc) is 2.72. The summed E-state index contributed by atoms with van der Waals surface area (Å²) in [6.45, 7) is 1.76. The lowest BCUT2D eigenvalue weighted by atomic mass is 10.3. The van der Waals surface area contributed by atoms with Crippen LogP contribution in [0, 0.1) is 12.7 Å². The number of aromatic nitrogens is 1. The Balaban J connectivity index is 2.26. The zero-order valence-corrected chi connectivity index (χ0v) is 10.7. The normalized spacial score (nSPS) is 10.2. The second-order valence-electron chi connectivity index (χ2n) is 3.52.